The summed E-state index contributed by atoms with van der Waals surface area (Å²) in [5.74, 6) is 1.43. The third-order valence-corrected chi connectivity index (χ3v) is 3.92. The number of hydrogen-bond acceptors (Lipinski definition) is 4. The van der Waals surface area contributed by atoms with Gasteiger partial charge in [-0.25, -0.2) is 0 Å². The molecule has 0 radical (unpaired) electrons. The SMILES string of the molecule is N[C@H](O)CC(O)c1cccc(OCC2CCCCC2)c1. The first-order valence-electron chi connectivity index (χ1n) is 7.49. The van der Waals surface area contributed by atoms with Crippen molar-refractivity contribution in [1.29, 1.82) is 0 Å². The van der Waals surface area contributed by atoms with Crippen LogP contribution in [0.4, 0.5) is 0 Å². The predicted molar refractivity (Wildman–Crippen MR) is 78.3 cm³/mol. The van der Waals surface area contributed by atoms with E-state index in [1.165, 1.54) is 32.1 Å². The van der Waals surface area contributed by atoms with Crippen LogP contribution < -0.4 is 10.5 Å². The minimum atomic E-state index is -1.00. The summed E-state index contributed by atoms with van der Waals surface area (Å²) < 4.78 is 5.84. The Morgan fingerprint density at radius 3 is 2.65 bits per heavy atom. The van der Waals surface area contributed by atoms with Crippen molar-refractivity contribution in [2.24, 2.45) is 11.7 Å². The number of aliphatic hydroxyl groups is 2. The summed E-state index contributed by atoms with van der Waals surface area (Å²) in [5, 5.41) is 19.1. The Hall–Kier alpha value is -1.10. The quantitative estimate of drug-likeness (QED) is 0.699. The number of rotatable bonds is 6. The predicted octanol–water partition coefficient (Wildman–Crippen LogP) is 2.35. The van der Waals surface area contributed by atoms with E-state index in [0.29, 0.717) is 5.92 Å². The largest absolute Gasteiger partial charge is 0.493 e. The normalized spacial score (nSPS) is 19.6. The number of hydrogen-bond donors (Lipinski definition) is 3. The van der Waals surface area contributed by atoms with Crippen molar-refractivity contribution in [3.63, 3.8) is 0 Å². The minimum absolute atomic E-state index is 0.131. The molecule has 1 unspecified atom stereocenters. The summed E-state index contributed by atoms with van der Waals surface area (Å²) in [5.41, 5.74) is 6.02. The molecule has 1 aliphatic carbocycles. The van der Waals surface area contributed by atoms with E-state index in [1.54, 1.807) is 0 Å². The Balaban J connectivity index is 1.88. The Morgan fingerprint density at radius 2 is 1.95 bits per heavy atom. The highest BCUT2D eigenvalue weighted by Crippen LogP contribution is 2.26. The monoisotopic (exact) mass is 279 g/mol. The van der Waals surface area contributed by atoms with Gasteiger partial charge in [-0.2, -0.15) is 0 Å². The second-order valence-electron chi connectivity index (χ2n) is 5.71. The maximum Gasteiger partial charge on any atom is 0.119 e. The van der Waals surface area contributed by atoms with Crippen molar-refractivity contribution >= 4 is 0 Å². The molecule has 0 bridgehead atoms. The Kier molecular flexibility index (Phi) is 5.83. The third kappa shape index (κ3) is 4.78. The Labute approximate surface area is 120 Å². The van der Waals surface area contributed by atoms with Crippen LogP contribution in [0.25, 0.3) is 0 Å². The molecule has 0 spiro atoms. The first kappa shape index (κ1) is 15.3. The van der Waals surface area contributed by atoms with Crippen LogP contribution in [0.2, 0.25) is 0 Å². The first-order chi connectivity index (χ1) is 9.65. The topological polar surface area (TPSA) is 75.7 Å². The molecule has 0 aliphatic heterocycles. The van der Waals surface area contributed by atoms with E-state index >= 15 is 0 Å². The summed E-state index contributed by atoms with van der Waals surface area (Å²) in [6.45, 7) is 0.749. The van der Waals surface area contributed by atoms with Gasteiger partial charge >= 0.3 is 0 Å². The van der Waals surface area contributed by atoms with E-state index in [-0.39, 0.29) is 6.42 Å². The number of aliphatic hydroxyl groups excluding tert-OH is 2. The van der Waals surface area contributed by atoms with Crippen LogP contribution in [0.15, 0.2) is 24.3 Å². The van der Waals surface area contributed by atoms with Gasteiger partial charge in [0.15, 0.2) is 0 Å². The summed E-state index contributed by atoms with van der Waals surface area (Å²) in [6.07, 6.45) is 4.84. The van der Waals surface area contributed by atoms with Crippen LogP contribution in [0, 0.1) is 5.92 Å². The van der Waals surface area contributed by atoms with Crippen LogP contribution in [-0.4, -0.2) is 23.0 Å². The summed E-state index contributed by atoms with van der Waals surface area (Å²) in [4.78, 5) is 0. The Bertz CT molecular complexity index is 402. The maximum absolute atomic E-state index is 9.94. The van der Waals surface area contributed by atoms with Gasteiger partial charge in [0, 0.05) is 6.42 Å². The van der Waals surface area contributed by atoms with Gasteiger partial charge < -0.3 is 20.7 Å². The van der Waals surface area contributed by atoms with Crippen LogP contribution in [0.3, 0.4) is 0 Å². The van der Waals surface area contributed by atoms with Crippen LogP contribution >= 0.6 is 0 Å². The lowest BCUT2D eigenvalue weighted by atomic mass is 9.90. The van der Waals surface area contributed by atoms with Crippen molar-refractivity contribution in [3.05, 3.63) is 29.8 Å². The van der Waals surface area contributed by atoms with Gasteiger partial charge in [-0.15, -0.1) is 0 Å². The molecular formula is C16H25NO3. The van der Waals surface area contributed by atoms with E-state index in [1.807, 2.05) is 24.3 Å². The summed E-state index contributed by atoms with van der Waals surface area (Å²) >= 11 is 0. The second kappa shape index (κ2) is 7.62. The van der Waals surface area contributed by atoms with Gasteiger partial charge in [0.2, 0.25) is 0 Å². The zero-order valence-corrected chi connectivity index (χ0v) is 11.9. The van der Waals surface area contributed by atoms with Crippen LogP contribution in [-0.2, 0) is 0 Å². The smallest absolute Gasteiger partial charge is 0.119 e. The van der Waals surface area contributed by atoms with Crippen molar-refractivity contribution < 1.29 is 14.9 Å². The zero-order chi connectivity index (χ0) is 14.4. The standard InChI is InChI=1S/C16H25NO3/c17-16(19)10-15(18)13-7-4-8-14(9-13)20-11-12-5-2-1-3-6-12/h4,7-9,12,15-16,18-19H,1-3,5-6,10-11,17H2/t15?,16-/m1/s1. The first-order valence-corrected chi connectivity index (χ1v) is 7.49. The van der Waals surface area contributed by atoms with E-state index in [0.717, 1.165) is 17.9 Å². The number of benzene rings is 1. The van der Waals surface area contributed by atoms with E-state index in [9.17, 15) is 5.11 Å². The fourth-order valence-corrected chi connectivity index (χ4v) is 2.74. The third-order valence-electron chi connectivity index (χ3n) is 3.92. The molecule has 1 saturated carbocycles. The number of ether oxygens (including phenoxy) is 1. The lowest BCUT2D eigenvalue weighted by molar-refractivity contribution is 0.0840. The highest BCUT2D eigenvalue weighted by atomic mass is 16.5. The van der Waals surface area contributed by atoms with Crippen molar-refractivity contribution in [2.75, 3.05) is 6.61 Å². The van der Waals surface area contributed by atoms with E-state index in [4.69, 9.17) is 15.6 Å². The minimum Gasteiger partial charge on any atom is -0.493 e. The lowest BCUT2D eigenvalue weighted by Gasteiger charge is -2.22. The molecule has 1 fully saturated rings. The molecule has 0 heterocycles. The maximum atomic E-state index is 9.94. The zero-order valence-electron chi connectivity index (χ0n) is 11.9. The lowest BCUT2D eigenvalue weighted by Crippen LogP contribution is -2.21. The van der Waals surface area contributed by atoms with Gasteiger partial charge in [-0.05, 0) is 36.5 Å². The van der Waals surface area contributed by atoms with Gasteiger partial charge in [0.1, 0.15) is 12.0 Å². The van der Waals surface area contributed by atoms with Gasteiger partial charge in [0.05, 0.1) is 12.7 Å². The highest BCUT2D eigenvalue weighted by Gasteiger charge is 2.15. The molecule has 0 saturated heterocycles. The average Bonchev–Trinajstić information content (AvgIpc) is 2.46. The van der Waals surface area contributed by atoms with Crippen molar-refractivity contribution in [1.82, 2.24) is 0 Å². The highest BCUT2D eigenvalue weighted by molar-refractivity contribution is 5.30. The van der Waals surface area contributed by atoms with Gasteiger partial charge in [-0.1, -0.05) is 31.4 Å². The number of nitrogens with two attached hydrogens (primary N) is 1. The molecular weight excluding hydrogens is 254 g/mol. The molecule has 0 amide bonds. The van der Waals surface area contributed by atoms with E-state index in [2.05, 4.69) is 0 Å². The molecule has 4 nitrogen and oxygen atoms in total. The summed E-state index contributed by atoms with van der Waals surface area (Å²) in [7, 11) is 0. The fourth-order valence-electron chi connectivity index (χ4n) is 2.74. The molecule has 1 aromatic carbocycles. The molecule has 0 aromatic heterocycles. The fraction of sp³-hybridized carbons (Fsp3) is 0.625. The molecule has 1 aromatic rings. The molecule has 112 valence electrons. The molecule has 1 aliphatic rings. The molecule has 2 rings (SSSR count). The van der Waals surface area contributed by atoms with Crippen molar-refractivity contribution in [3.8, 4) is 5.75 Å². The van der Waals surface area contributed by atoms with Crippen LogP contribution in [0.1, 0.15) is 50.2 Å². The average molecular weight is 279 g/mol. The molecule has 2 atom stereocenters. The molecule has 4 heteroatoms. The summed E-state index contributed by atoms with van der Waals surface area (Å²) in [6, 6.07) is 7.41. The van der Waals surface area contributed by atoms with Crippen LogP contribution in [0.5, 0.6) is 5.75 Å². The van der Waals surface area contributed by atoms with Gasteiger partial charge in [-0.3, -0.25) is 0 Å². The Morgan fingerprint density at radius 1 is 1.20 bits per heavy atom. The second-order valence-corrected chi connectivity index (χ2v) is 5.71. The van der Waals surface area contributed by atoms with E-state index < -0.39 is 12.3 Å². The van der Waals surface area contributed by atoms with Gasteiger partial charge in [0.25, 0.3) is 0 Å². The van der Waals surface area contributed by atoms with Crippen molar-refractivity contribution in [2.45, 2.75) is 50.9 Å². The molecule has 4 N–H and O–H groups in total. The molecule has 20 heavy (non-hydrogen) atoms.